The third-order valence-corrected chi connectivity index (χ3v) is 5.17. The van der Waals surface area contributed by atoms with Crippen LogP contribution in [0.15, 0.2) is 16.6 Å². The Morgan fingerprint density at radius 3 is 2.85 bits per heavy atom. The molecule has 2 aliphatic rings. The van der Waals surface area contributed by atoms with E-state index in [-0.39, 0.29) is 0 Å². The van der Waals surface area contributed by atoms with Crippen molar-refractivity contribution in [2.75, 3.05) is 13.2 Å². The molecule has 3 heteroatoms. The minimum absolute atomic E-state index is 0.833. The lowest BCUT2D eigenvalue weighted by Gasteiger charge is -2.26. The quantitative estimate of drug-likeness (QED) is 0.884. The Kier molecular flexibility index (Phi) is 4.67. The van der Waals surface area contributed by atoms with Crippen LogP contribution in [0, 0.1) is 11.8 Å². The van der Waals surface area contributed by atoms with Gasteiger partial charge in [-0.05, 0) is 48.9 Å². The highest BCUT2D eigenvalue weighted by Crippen LogP contribution is 2.33. The fourth-order valence-corrected chi connectivity index (χ4v) is 3.97. The molecule has 110 valence electrons. The number of halogens is 1. The van der Waals surface area contributed by atoms with Gasteiger partial charge in [0, 0.05) is 23.0 Å². The molecule has 1 saturated carbocycles. The summed E-state index contributed by atoms with van der Waals surface area (Å²) in [6.45, 7) is 5.28. The third-order valence-electron chi connectivity index (χ3n) is 4.71. The Hall–Kier alpha value is -0.540. The van der Waals surface area contributed by atoms with Crippen LogP contribution in [0.5, 0.6) is 5.75 Å². The fourth-order valence-electron chi connectivity index (χ4n) is 3.42. The molecule has 1 aromatic rings. The summed E-state index contributed by atoms with van der Waals surface area (Å²) in [6.07, 6.45) is 6.63. The lowest BCUT2D eigenvalue weighted by molar-refractivity contribution is 0.281. The smallest absolute Gasteiger partial charge is 0.127 e. The highest BCUT2D eigenvalue weighted by molar-refractivity contribution is 9.10. The van der Waals surface area contributed by atoms with Crippen molar-refractivity contribution in [2.24, 2.45) is 11.8 Å². The zero-order chi connectivity index (χ0) is 13.9. The van der Waals surface area contributed by atoms with Crippen molar-refractivity contribution in [3.63, 3.8) is 0 Å². The SMILES string of the molecule is CC1CCC(CNCc2cc(Br)cc3c2OCC3)CC1. The number of hydrogen-bond acceptors (Lipinski definition) is 2. The van der Waals surface area contributed by atoms with E-state index in [1.807, 2.05) is 0 Å². The first-order valence-electron chi connectivity index (χ1n) is 7.87. The maximum absolute atomic E-state index is 5.78. The second-order valence-electron chi connectivity index (χ2n) is 6.41. The van der Waals surface area contributed by atoms with E-state index < -0.39 is 0 Å². The number of rotatable bonds is 4. The summed E-state index contributed by atoms with van der Waals surface area (Å²) in [5, 5.41) is 3.64. The number of ether oxygens (including phenoxy) is 1. The summed E-state index contributed by atoms with van der Waals surface area (Å²) < 4.78 is 6.95. The van der Waals surface area contributed by atoms with Gasteiger partial charge in [0.05, 0.1) is 6.61 Å². The van der Waals surface area contributed by atoms with E-state index in [4.69, 9.17) is 4.74 Å². The molecule has 1 aliphatic heterocycles. The van der Waals surface area contributed by atoms with Crippen molar-refractivity contribution in [2.45, 2.75) is 45.6 Å². The first kappa shape index (κ1) is 14.4. The molecule has 0 bridgehead atoms. The number of benzene rings is 1. The Balaban J connectivity index is 1.54. The molecule has 0 unspecified atom stereocenters. The van der Waals surface area contributed by atoms with Gasteiger partial charge < -0.3 is 10.1 Å². The van der Waals surface area contributed by atoms with Gasteiger partial charge in [0.25, 0.3) is 0 Å². The van der Waals surface area contributed by atoms with Crippen LogP contribution >= 0.6 is 15.9 Å². The minimum Gasteiger partial charge on any atom is -0.493 e. The van der Waals surface area contributed by atoms with Crippen LogP contribution in [0.1, 0.15) is 43.7 Å². The Labute approximate surface area is 130 Å². The molecule has 1 fully saturated rings. The highest BCUT2D eigenvalue weighted by atomic mass is 79.9. The molecular formula is C17H24BrNO. The van der Waals surface area contributed by atoms with E-state index in [0.717, 1.165) is 43.7 Å². The number of nitrogens with one attached hydrogen (secondary N) is 1. The van der Waals surface area contributed by atoms with Gasteiger partial charge in [0.2, 0.25) is 0 Å². The van der Waals surface area contributed by atoms with E-state index in [0.29, 0.717) is 0 Å². The van der Waals surface area contributed by atoms with Gasteiger partial charge in [-0.15, -0.1) is 0 Å². The summed E-state index contributed by atoms with van der Waals surface area (Å²) in [5.74, 6) is 2.93. The normalized spacial score (nSPS) is 25.3. The molecule has 20 heavy (non-hydrogen) atoms. The second kappa shape index (κ2) is 6.48. The summed E-state index contributed by atoms with van der Waals surface area (Å²) in [6, 6.07) is 4.38. The average molecular weight is 338 g/mol. The van der Waals surface area contributed by atoms with Gasteiger partial charge in [0.15, 0.2) is 0 Å². The molecule has 2 nitrogen and oxygen atoms in total. The van der Waals surface area contributed by atoms with Gasteiger partial charge >= 0.3 is 0 Å². The van der Waals surface area contributed by atoms with Gasteiger partial charge in [-0.25, -0.2) is 0 Å². The van der Waals surface area contributed by atoms with Gasteiger partial charge in [-0.3, -0.25) is 0 Å². The molecule has 0 radical (unpaired) electrons. The molecule has 1 heterocycles. The first-order valence-corrected chi connectivity index (χ1v) is 8.66. The van der Waals surface area contributed by atoms with E-state index in [1.165, 1.54) is 41.3 Å². The maximum atomic E-state index is 5.78. The zero-order valence-corrected chi connectivity index (χ0v) is 13.8. The van der Waals surface area contributed by atoms with E-state index in [9.17, 15) is 0 Å². The van der Waals surface area contributed by atoms with E-state index in [1.54, 1.807) is 0 Å². The largest absolute Gasteiger partial charge is 0.493 e. The summed E-state index contributed by atoms with van der Waals surface area (Å²) in [4.78, 5) is 0. The van der Waals surface area contributed by atoms with Crippen LogP contribution in [0.4, 0.5) is 0 Å². The second-order valence-corrected chi connectivity index (χ2v) is 7.32. The van der Waals surface area contributed by atoms with Crippen LogP contribution in [-0.2, 0) is 13.0 Å². The van der Waals surface area contributed by atoms with Crippen molar-refractivity contribution >= 4 is 15.9 Å². The van der Waals surface area contributed by atoms with Gasteiger partial charge in [-0.1, -0.05) is 35.7 Å². The Morgan fingerprint density at radius 2 is 2.05 bits per heavy atom. The number of hydrogen-bond donors (Lipinski definition) is 1. The standard InChI is InChI=1S/C17H24BrNO/c1-12-2-4-13(5-3-12)10-19-11-15-9-16(18)8-14-6-7-20-17(14)15/h8-9,12-13,19H,2-7,10-11H2,1H3. The average Bonchev–Trinajstić information content (AvgIpc) is 2.89. The molecule has 0 amide bonds. The predicted octanol–water partition coefficient (Wildman–Crippen LogP) is 4.30. The summed E-state index contributed by atoms with van der Waals surface area (Å²) in [7, 11) is 0. The van der Waals surface area contributed by atoms with Crippen molar-refractivity contribution in [3.05, 3.63) is 27.7 Å². The van der Waals surface area contributed by atoms with Crippen molar-refractivity contribution in [1.82, 2.24) is 5.32 Å². The fraction of sp³-hybridized carbons (Fsp3) is 0.647. The molecule has 0 aromatic heterocycles. The van der Waals surface area contributed by atoms with Gasteiger partial charge in [-0.2, -0.15) is 0 Å². The van der Waals surface area contributed by atoms with Crippen molar-refractivity contribution in [3.8, 4) is 5.75 Å². The molecule has 0 spiro atoms. The molecule has 0 atom stereocenters. The van der Waals surface area contributed by atoms with Crippen LogP contribution in [0.2, 0.25) is 0 Å². The molecule has 1 N–H and O–H groups in total. The summed E-state index contributed by atoms with van der Waals surface area (Å²) in [5.41, 5.74) is 2.65. The van der Waals surface area contributed by atoms with Crippen LogP contribution < -0.4 is 10.1 Å². The topological polar surface area (TPSA) is 21.3 Å². The first-order chi connectivity index (χ1) is 9.72. The lowest BCUT2D eigenvalue weighted by atomic mass is 9.83. The highest BCUT2D eigenvalue weighted by Gasteiger charge is 2.19. The summed E-state index contributed by atoms with van der Waals surface area (Å²) >= 11 is 3.61. The minimum atomic E-state index is 0.833. The number of fused-ring (bicyclic) bond motifs is 1. The molecule has 1 aliphatic carbocycles. The monoisotopic (exact) mass is 337 g/mol. The molecular weight excluding hydrogens is 314 g/mol. The third kappa shape index (κ3) is 3.37. The van der Waals surface area contributed by atoms with Crippen LogP contribution in [0.25, 0.3) is 0 Å². The Morgan fingerprint density at radius 1 is 1.25 bits per heavy atom. The maximum Gasteiger partial charge on any atom is 0.127 e. The van der Waals surface area contributed by atoms with Crippen molar-refractivity contribution < 1.29 is 4.74 Å². The molecule has 3 rings (SSSR count). The lowest BCUT2D eigenvalue weighted by Crippen LogP contribution is -2.25. The van der Waals surface area contributed by atoms with Gasteiger partial charge in [0.1, 0.15) is 5.75 Å². The van der Waals surface area contributed by atoms with E-state index in [2.05, 4.69) is 40.3 Å². The Bertz CT molecular complexity index is 466. The van der Waals surface area contributed by atoms with Crippen molar-refractivity contribution in [1.29, 1.82) is 0 Å². The molecule has 0 saturated heterocycles. The van der Waals surface area contributed by atoms with Crippen LogP contribution in [0.3, 0.4) is 0 Å². The predicted molar refractivity (Wildman–Crippen MR) is 86.2 cm³/mol. The van der Waals surface area contributed by atoms with E-state index >= 15 is 0 Å². The molecule has 1 aromatic carbocycles. The van der Waals surface area contributed by atoms with Crippen LogP contribution in [-0.4, -0.2) is 13.2 Å². The zero-order valence-electron chi connectivity index (χ0n) is 12.3.